The van der Waals surface area contributed by atoms with Gasteiger partial charge in [0.05, 0.1) is 18.1 Å². The molecule has 9 heteroatoms. The van der Waals surface area contributed by atoms with Crippen molar-refractivity contribution in [2.24, 2.45) is 5.92 Å². The molecule has 1 aliphatic heterocycles. The number of anilines is 1. The molecule has 2 heterocycles. The molecule has 1 N–H and O–H groups in total. The van der Waals surface area contributed by atoms with E-state index >= 15 is 0 Å². The SMILES string of the molecule is C.CC(C)C(=O)N1CCC(N(C)C(=O)Nc2cnc(-c3cc(F)cc(F)c3)nc2)CC1. The molecule has 0 saturated carbocycles. The summed E-state index contributed by atoms with van der Waals surface area (Å²) in [6, 6.07) is 2.77. The number of carbonyl (C=O) groups is 2. The van der Waals surface area contributed by atoms with E-state index in [4.69, 9.17) is 0 Å². The van der Waals surface area contributed by atoms with Crippen LogP contribution in [0.2, 0.25) is 0 Å². The summed E-state index contributed by atoms with van der Waals surface area (Å²) in [4.78, 5) is 36.3. The second-order valence-corrected chi connectivity index (χ2v) is 7.71. The monoisotopic (exact) mass is 433 g/mol. The summed E-state index contributed by atoms with van der Waals surface area (Å²) in [6.45, 7) is 5.01. The molecule has 1 aromatic heterocycles. The van der Waals surface area contributed by atoms with Crippen molar-refractivity contribution in [3.05, 3.63) is 42.2 Å². The zero-order chi connectivity index (χ0) is 21.8. The van der Waals surface area contributed by atoms with Crippen LogP contribution in [0.3, 0.4) is 0 Å². The number of amides is 3. The molecule has 0 radical (unpaired) electrons. The fourth-order valence-corrected chi connectivity index (χ4v) is 3.44. The molecule has 0 unspecified atom stereocenters. The molecule has 1 aromatic carbocycles. The lowest BCUT2D eigenvalue weighted by Crippen LogP contribution is -2.49. The number of carbonyl (C=O) groups excluding carboxylic acids is 2. The molecule has 0 aliphatic carbocycles. The third-order valence-electron chi connectivity index (χ3n) is 5.16. The number of nitrogens with zero attached hydrogens (tertiary/aromatic N) is 4. The number of rotatable bonds is 4. The normalized spacial score (nSPS) is 14.2. The van der Waals surface area contributed by atoms with Crippen LogP contribution in [0, 0.1) is 17.6 Å². The Morgan fingerprint density at radius 3 is 2.16 bits per heavy atom. The van der Waals surface area contributed by atoms with E-state index in [1.165, 1.54) is 12.4 Å². The first-order valence-corrected chi connectivity index (χ1v) is 9.85. The maximum atomic E-state index is 13.4. The van der Waals surface area contributed by atoms with Crippen molar-refractivity contribution in [3.8, 4) is 11.4 Å². The van der Waals surface area contributed by atoms with E-state index < -0.39 is 11.6 Å². The Balaban J connectivity index is 0.00000341. The summed E-state index contributed by atoms with van der Waals surface area (Å²) in [7, 11) is 1.71. The second-order valence-electron chi connectivity index (χ2n) is 7.71. The van der Waals surface area contributed by atoms with Gasteiger partial charge >= 0.3 is 6.03 Å². The molecule has 3 amide bonds. The van der Waals surface area contributed by atoms with Gasteiger partial charge in [0.2, 0.25) is 5.91 Å². The van der Waals surface area contributed by atoms with E-state index in [0.717, 1.165) is 18.2 Å². The minimum absolute atomic E-state index is 0. The van der Waals surface area contributed by atoms with Crippen LogP contribution < -0.4 is 5.32 Å². The fourth-order valence-electron chi connectivity index (χ4n) is 3.44. The van der Waals surface area contributed by atoms with Crippen molar-refractivity contribution < 1.29 is 18.4 Å². The number of urea groups is 1. The van der Waals surface area contributed by atoms with Gasteiger partial charge in [-0.2, -0.15) is 0 Å². The van der Waals surface area contributed by atoms with Gasteiger partial charge in [-0.3, -0.25) is 4.79 Å². The predicted octanol–water partition coefficient (Wildman–Crippen LogP) is 4.17. The van der Waals surface area contributed by atoms with E-state index in [9.17, 15) is 18.4 Å². The average Bonchev–Trinajstić information content (AvgIpc) is 2.72. The Labute approximate surface area is 181 Å². The summed E-state index contributed by atoms with van der Waals surface area (Å²) >= 11 is 0. The quantitative estimate of drug-likeness (QED) is 0.785. The molecule has 0 spiro atoms. The number of benzene rings is 1. The number of nitrogens with one attached hydrogen (secondary N) is 1. The summed E-state index contributed by atoms with van der Waals surface area (Å²) in [5, 5.41) is 2.73. The van der Waals surface area contributed by atoms with Gasteiger partial charge in [0.15, 0.2) is 5.82 Å². The van der Waals surface area contributed by atoms with Crippen molar-refractivity contribution in [2.45, 2.75) is 40.2 Å². The minimum Gasteiger partial charge on any atom is -0.342 e. The van der Waals surface area contributed by atoms with Crippen molar-refractivity contribution in [1.82, 2.24) is 19.8 Å². The van der Waals surface area contributed by atoms with Crippen molar-refractivity contribution >= 4 is 17.6 Å². The Kier molecular flexibility index (Phi) is 8.01. The van der Waals surface area contributed by atoms with Gasteiger partial charge in [0, 0.05) is 43.7 Å². The Hall–Kier alpha value is -3.10. The highest BCUT2D eigenvalue weighted by molar-refractivity contribution is 5.89. The van der Waals surface area contributed by atoms with E-state index in [2.05, 4.69) is 15.3 Å². The third kappa shape index (κ3) is 5.96. The van der Waals surface area contributed by atoms with E-state index in [-0.39, 0.29) is 42.7 Å². The molecule has 0 bridgehead atoms. The average molecular weight is 434 g/mol. The first kappa shape index (κ1) is 24.2. The highest BCUT2D eigenvalue weighted by atomic mass is 19.1. The fraction of sp³-hybridized carbons (Fsp3) is 0.455. The summed E-state index contributed by atoms with van der Waals surface area (Å²) in [5.41, 5.74) is 0.588. The summed E-state index contributed by atoms with van der Waals surface area (Å²) in [6.07, 6.45) is 4.20. The van der Waals surface area contributed by atoms with Crippen LogP contribution in [-0.2, 0) is 4.79 Å². The molecule has 3 rings (SSSR count). The van der Waals surface area contributed by atoms with Gasteiger partial charge in [0.25, 0.3) is 0 Å². The molecule has 0 atom stereocenters. The molecule has 1 aliphatic rings. The molecule has 7 nitrogen and oxygen atoms in total. The van der Waals surface area contributed by atoms with Gasteiger partial charge in [-0.05, 0) is 25.0 Å². The number of halogens is 2. The number of piperidine rings is 1. The topological polar surface area (TPSA) is 78.4 Å². The Bertz CT molecular complexity index is 892. The number of likely N-dealkylation sites (tertiary alicyclic amines) is 1. The van der Waals surface area contributed by atoms with Crippen LogP contribution >= 0.6 is 0 Å². The Morgan fingerprint density at radius 2 is 1.65 bits per heavy atom. The lowest BCUT2D eigenvalue weighted by atomic mass is 10.0. The maximum absolute atomic E-state index is 13.4. The van der Waals surface area contributed by atoms with Crippen LogP contribution in [0.15, 0.2) is 30.6 Å². The zero-order valence-electron chi connectivity index (χ0n) is 17.2. The molecular formula is C22H29F2N5O2. The van der Waals surface area contributed by atoms with Gasteiger partial charge in [-0.25, -0.2) is 23.5 Å². The van der Waals surface area contributed by atoms with Crippen molar-refractivity contribution in [1.29, 1.82) is 0 Å². The molecule has 1 fully saturated rings. The van der Waals surface area contributed by atoms with Crippen LogP contribution in [-0.4, -0.2) is 57.9 Å². The lowest BCUT2D eigenvalue weighted by Gasteiger charge is -2.37. The van der Waals surface area contributed by atoms with E-state index in [1.807, 2.05) is 18.7 Å². The standard InChI is InChI=1S/C21H25F2N5O2.CH4/c1-13(2)20(29)28-6-4-18(5-7-28)27(3)21(30)26-17-11-24-19(25-12-17)14-8-15(22)10-16(23)9-14;/h8-13,18H,4-7H2,1-3H3,(H,26,30);1H4. The zero-order valence-corrected chi connectivity index (χ0v) is 17.2. The van der Waals surface area contributed by atoms with Crippen molar-refractivity contribution in [3.63, 3.8) is 0 Å². The van der Waals surface area contributed by atoms with E-state index in [1.54, 1.807) is 11.9 Å². The van der Waals surface area contributed by atoms with Gasteiger partial charge in [-0.15, -0.1) is 0 Å². The van der Waals surface area contributed by atoms with Gasteiger partial charge < -0.3 is 15.1 Å². The van der Waals surface area contributed by atoms with Gasteiger partial charge in [0.1, 0.15) is 11.6 Å². The smallest absolute Gasteiger partial charge is 0.321 e. The maximum Gasteiger partial charge on any atom is 0.321 e. The summed E-state index contributed by atoms with van der Waals surface area (Å²) < 4.78 is 26.7. The number of hydrogen-bond donors (Lipinski definition) is 1. The molecule has 1 saturated heterocycles. The summed E-state index contributed by atoms with van der Waals surface area (Å²) in [5.74, 6) is -1.17. The van der Waals surface area contributed by atoms with Crippen LogP contribution in [0.5, 0.6) is 0 Å². The highest BCUT2D eigenvalue weighted by Crippen LogP contribution is 2.20. The number of aromatic nitrogens is 2. The van der Waals surface area contributed by atoms with E-state index in [0.29, 0.717) is 31.6 Å². The third-order valence-corrected chi connectivity index (χ3v) is 5.16. The molecular weight excluding hydrogens is 404 g/mol. The second kappa shape index (κ2) is 10.3. The minimum atomic E-state index is -0.714. The first-order chi connectivity index (χ1) is 14.2. The predicted molar refractivity (Wildman–Crippen MR) is 115 cm³/mol. The van der Waals surface area contributed by atoms with Crippen LogP contribution in [0.1, 0.15) is 34.1 Å². The largest absolute Gasteiger partial charge is 0.342 e. The molecule has 31 heavy (non-hydrogen) atoms. The lowest BCUT2D eigenvalue weighted by molar-refractivity contribution is -0.135. The van der Waals surface area contributed by atoms with Crippen LogP contribution in [0.4, 0.5) is 19.3 Å². The molecule has 2 aromatic rings. The molecule has 168 valence electrons. The van der Waals surface area contributed by atoms with Crippen LogP contribution in [0.25, 0.3) is 11.4 Å². The van der Waals surface area contributed by atoms with Gasteiger partial charge in [-0.1, -0.05) is 21.3 Å². The Morgan fingerprint density at radius 1 is 1.10 bits per heavy atom. The first-order valence-electron chi connectivity index (χ1n) is 9.85. The highest BCUT2D eigenvalue weighted by Gasteiger charge is 2.28. The van der Waals surface area contributed by atoms with Crippen molar-refractivity contribution in [2.75, 3.05) is 25.5 Å². The number of hydrogen-bond acceptors (Lipinski definition) is 4.